The highest BCUT2D eigenvalue weighted by molar-refractivity contribution is 14.1. The highest BCUT2D eigenvalue weighted by Crippen LogP contribution is 2.26. The van der Waals surface area contributed by atoms with E-state index in [0.717, 1.165) is 12.7 Å². The molecule has 0 radical (unpaired) electrons. The third-order valence-corrected chi connectivity index (χ3v) is 4.34. The van der Waals surface area contributed by atoms with Crippen molar-refractivity contribution >= 4 is 73.7 Å². The minimum Gasteiger partial charge on any atom is -0.506 e. The van der Waals surface area contributed by atoms with Crippen molar-refractivity contribution in [3.05, 3.63) is 30.2 Å². The summed E-state index contributed by atoms with van der Waals surface area (Å²) < 4.78 is 1.58. The maximum absolute atomic E-state index is 9.64. The molecule has 18 heavy (non-hydrogen) atoms. The summed E-state index contributed by atoms with van der Waals surface area (Å²) >= 11 is 5.55. The number of nitrogens with two attached hydrogens (primary N) is 1. The fourth-order valence-electron chi connectivity index (χ4n) is 1.16. The van der Waals surface area contributed by atoms with Crippen molar-refractivity contribution in [2.24, 2.45) is 5.10 Å². The van der Waals surface area contributed by atoms with Gasteiger partial charge in [-0.2, -0.15) is 5.10 Å². The van der Waals surface area contributed by atoms with Gasteiger partial charge in [-0.25, -0.2) is 4.98 Å². The Bertz CT molecular complexity index is 576. The maximum Gasteiger partial charge on any atom is 0.205 e. The summed E-state index contributed by atoms with van der Waals surface area (Å²) in [7, 11) is 0. The number of hydrogen-bond donors (Lipinski definition) is 3. The Morgan fingerprint density at radius 3 is 2.61 bits per heavy atom. The number of anilines is 2. The van der Waals surface area contributed by atoms with Crippen LogP contribution in [0.25, 0.3) is 0 Å². The monoisotopic (exact) mass is 486 g/mol. The fourth-order valence-corrected chi connectivity index (χ4v) is 3.52. The average Bonchev–Trinajstić information content (AvgIpc) is 2.72. The molecular weight excluding hydrogens is 478 g/mol. The van der Waals surface area contributed by atoms with Gasteiger partial charge in [-0.05, 0) is 62.9 Å². The van der Waals surface area contributed by atoms with Gasteiger partial charge in [-0.1, -0.05) is 0 Å². The number of halogens is 2. The maximum atomic E-state index is 9.64. The van der Waals surface area contributed by atoms with Crippen LogP contribution < -0.4 is 11.2 Å². The van der Waals surface area contributed by atoms with Crippen LogP contribution >= 0.6 is 56.5 Å². The van der Waals surface area contributed by atoms with Crippen molar-refractivity contribution < 1.29 is 5.11 Å². The number of thiazole rings is 1. The van der Waals surface area contributed by atoms with Gasteiger partial charge in [0.1, 0.15) is 11.6 Å². The van der Waals surface area contributed by atoms with Gasteiger partial charge in [-0.3, -0.25) is 5.43 Å². The van der Waals surface area contributed by atoms with E-state index >= 15 is 0 Å². The molecule has 0 spiro atoms. The number of phenols is 1. The van der Waals surface area contributed by atoms with Gasteiger partial charge >= 0.3 is 0 Å². The molecule has 2 rings (SSSR count). The van der Waals surface area contributed by atoms with Gasteiger partial charge in [0.15, 0.2) is 0 Å². The first kappa shape index (κ1) is 13.8. The van der Waals surface area contributed by atoms with E-state index in [1.54, 1.807) is 11.6 Å². The summed E-state index contributed by atoms with van der Waals surface area (Å²) in [4.78, 5) is 4.02. The van der Waals surface area contributed by atoms with E-state index < -0.39 is 0 Å². The molecule has 0 unspecified atom stereocenters. The number of aromatic hydroxyl groups is 1. The number of hydrogen-bond acceptors (Lipinski definition) is 6. The number of rotatable bonds is 3. The van der Waals surface area contributed by atoms with Gasteiger partial charge in [0.05, 0.1) is 13.4 Å². The average molecular weight is 486 g/mol. The van der Waals surface area contributed by atoms with Crippen molar-refractivity contribution in [2.75, 3.05) is 11.2 Å². The molecule has 0 fully saturated rings. The molecule has 1 aromatic carbocycles. The molecule has 2 aromatic rings. The molecule has 4 N–H and O–H groups in total. The summed E-state index contributed by atoms with van der Waals surface area (Å²) in [6.07, 6.45) is 1.67. The van der Waals surface area contributed by atoms with Gasteiger partial charge in [-0.15, -0.1) is 11.3 Å². The zero-order chi connectivity index (χ0) is 13.1. The molecule has 0 aliphatic heterocycles. The molecule has 0 bridgehead atoms. The lowest BCUT2D eigenvalue weighted by molar-refractivity contribution is 0.467. The Labute approximate surface area is 135 Å². The molecule has 5 nitrogen and oxygen atoms in total. The molecule has 8 heteroatoms. The number of nitrogens with zero attached hydrogens (tertiary/aromatic N) is 2. The van der Waals surface area contributed by atoms with Crippen molar-refractivity contribution in [1.29, 1.82) is 0 Å². The van der Waals surface area contributed by atoms with E-state index in [2.05, 4.69) is 60.7 Å². The van der Waals surface area contributed by atoms with E-state index in [1.807, 2.05) is 12.1 Å². The summed E-state index contributed by atoms with van der Waals surface area (Å²) in [6.45, 7) is 0. The summed E-state index contributed by atoms with van der Waals surface area (Å²) in [5.74, 6) is 0.778. The Morgan fingerprint density at radius 2 is 2.06 bits per heavy atom. The predicted molar refractivity (Wildman–Crippen MR) is 91.3 cm³/mol. The van der Waals surface area contributed by atoms with Crippen LogP contribution in [0.15, 0.2) is 22.6 Å². The topological polar surface area (TPSA) is 83.5 Å². The molecule has 0 saturated carbocycles. The highest BCUT2D eigenvalue weighted by Gasteiger charge is 2.04. The number of hydrazone groups is 1. The summed E-state index contributed by atoms with van der Waals surface area (Å²) in [5, 5.41) is 16.1. The third-order valence-electron chi connectivity index (χ3n) is 1.93. The van der Waals surface area contributed by atoms with Crippen LogP contribution in [-0.2, 0) is 0 Å². The standard InChI is InChI=1S/C10H8I2N4OS/c11-6-1-5(2-7(12)9(6)17)3-14-16-10-15-8(13)4-18-10/h1-4,17H,13H2,(H,15,16). The minimum atomic E-state index is 0.300. The van der Waals surface area contributed by atoms with Gasteiger partial charge in [0, 0.05) is 5.38 Å². The van der Waals surface area contributed by atoms with Crippen molar-refractivity contribution in [1.82, 2.24) is 4.98 Å². The summed E-state index contributed by atoms with van der Waals surface area (Å²) in [6, 6.07) is 3.69. The van der Waals surface area contributed by atoms with E-state index in [-0.39, 0.29) is 0 Å². The number of phenolic OH excluding ortho intramolecular Hbond substituents is 1. The zero-order valence-corrected chi connectivity index (χ0v) is 14.0. The van der Waals surface area contributed by atoms with Crippen molar-refractivity contribution in [3.63, 3.8) is 0 Å². The zero-order valence-electron chi connectivity index (χ0n) is 8.89. The summed E-state index contributed by atoms with van der Waals surface area (Å²) in [5.41, 5.74) is 9.19. The lowest BCUT2D eigenvalue weighted by Crippen LogP contribution is -1.92. The Hall–Kier alpha value is -0.620. The van der Waals surface area contributed by atoms with Crippen LogP contribution in [0.1, 0.15) is 5.56 Å². The van der Waals surface area contributed by atoms with Crippen LogP contribution in [0, 0.1) is 7.14 Å². The molecule has 0 aliphatic rings. The van der Waals surface area contributed by atoms with Crippen LogP contribution in [-0.4, -0.2) is 16.3 Å². The second kappa shape index (κ2) is 6.02. The number of aromatic nitrogens is 1. The lowest BCUT2D eigenvalue weighted by atomic mass is 10.2. The molecular formula is C10H8I2N4OS. The predicted octanol–water partition coefficient (Wildman–Crippen LogP) is 3.09. The van der Waals surface area contributed by atoms with E-state index in [0.29, 0.717) is 16.7 Å². The second-order valence-corrected chi connectivity index (χ2v) is 6.46. The van der Waals surface area contributed by atoms with Gasteiger partial charge in [0.2, 0.25) is 5.13 Å². The molecule has 0 aliphatic carbocycles. The largest absolute Gasteiger partial charge is 0.506 e. The first-order valence-corrected chi connectivity index (χ1v) is 7.78. The van der Waals surface area contributed by atoms with E-state index in [4.69, 9.17) is 5.73 Å². The van der Waals surface area contributed by atoms with Crippen LogP contribution in [0.3, 0.4) is 0 Å². The molecule has 0 amide bonds. The van der Waals surface area contributed by atoms with E-state index in [9.17, 15) is 5.11 Å². The SMILES string of the molecule is Nc1csc(NN=Cc2cc(I)c(O)c(I)c2)n1. The quantitative estimate of drug-likeness (QED) is 0.354. The minimum absolute atomic E-state index is 0.300. The molecule has 1 aromatic heterocycles. The molecule has 94 valence electrons. The fraction of sp³-hybridized carbons (Fsp3) is 0. The Morgan fingerprint density at radius 1 is 1.39 bits per heavy atom. The normalized spacial score (nSPS) is 11.0. The number of nitrogen functional groups attached to an aromatic ring is 1. The highest BCUT2D eigenvalue weighted by atomic mass is 127. The molecule has 0 saturated heterocycles. The van der Waals surface area contributed by atoms with Crippen LogP contribution in [0.2, 0.25) is 0 Å². The Kier molecular flexibility index (Phi) is 4.61. The lowest BCUT2D eigenvalue weighted by Gasteiger charge is -2.01. The van der Waals surface area contributed by atoms with Crippen LogP contribution in [0.5, 0.6) is 5.75 Å². The Balaban J connectivity index is 2.09. The van der Waals surface area contributed by atoms with Crippen molar-refractivity contribution in [2.45, 2.75) is 0 Å². The number of benzene rings is 1. The molecule has 1 heterocycles. The molecule has 0 atom stereocenters. The first-order chi connectivity index (χ1) is 8.56. The van der Waals surface area contributed by atoms with Gasteiger partial charge in [0.25, 0.3) is 0 Å². The second-order valence-electron chi connectivity index (χ2n) is 3.28. The smallest absolute Gasteiger partial charge is 0.205 e. The third kappa shape index (κ3) is 3.45. The van der Waals surface area contributed by atoms with Crippen LogP contribution in [0.4, 0.5) is 10.9 Å². The van der Waals surface area contributed by atoms with Crippen molar-refractivity contribution in [3.8, 4) is 5.75 Å². The van der Waals surface area contributed by atoms with E-state index in [1.165, 1.54) is 11.3 Å². The first-order valence-electron chi connectivity index (χ1n) is 4.74. The van der Waals surface area contributed by atoms with Gasteiger partial charge < -0.3 is 10.8 Å². The number of nitrogens with one attached hydrogen (secondary N) is 1.